The van der Waals surface area contributed by atoms with Crippen LogP contribution in [0.5, 0.6) is 5.75 Å². The van der Waals surface area contributed by atoms with Crippen LogP contribution in [0, 0.1) is 0 Å². The van der Waals surface area contributed by atoms with Crippen molar-refractivity contribution in [3.05, 3.63) is 71.0 Å². The van der Waals surface area contributed by atoms with Crippen LogP contribution in [0.15, 0.2) is 65.4 Å². The number of hydrogen-bond donors (Lipinski definition) is 2. The highest BCUT2D eigenvalue weighted by atomic mass is 79.9. The van der Waals surface area contributed by atoms with Gasteiger partial charge in [-0.1, -0.05) is 28.1 Å². The molecule has 0 bridgehead atoms. The molecule has 2 aliphatic rings. The van der Waals surface area contributed by atoms with E-state index >= 15 is 0 Å². The fraction of sp³-hybridized carbons (Fsp3) is 0.190. The van der Waals surface area contributed by atoms with E-state index in [9.17, 15) is 14.4 Å². The van der Waals surface area contributed by atoms with Gasteiger partial charge in [-0.05, 0) is 42.0 Å². The molecular weight excluding hydrogens is 466 g/mol. The zero-order valence-corrected chi connectivity index (χ0v) is 18.2. The van der Waals surface area contributed by atoms with Crippen molar-refractivity contribution in [1.82, 2.24) is 20.7 Å². The Morgan fingerprint density at radius 3 is 2.68 bits per heavy atom. The Hall–Kier alpha value is -3.37. The standard InChI is InChI=1S/C21H20BrN5O4/c1-31-17-4-2-3-14(11-17)12-23-18(28)13-27-21(30)26-10-9-25(20(29)19(26)24-27)16-7-5-15(22)6-8-16/h2-11,19,24H,12-13H2,1H3,(H,23,28). The average Bonchev–Trinajstić information content (AvgIpc) is 3.10. The number of amides is 4. The lowest BCUT2D eigenvalue weighted by Crippen LogP contribution is -2.52. The second kappa shape index (κ2) is 8.78. The fourth-order valence-electron chi connectivity index (χ4n) is 3.29. The summed E-state index contributed by atoms with van der Waals surface area (Å²) in [5, 5.41) is 3.90. The topological polar surface area (TPSA) is 94.2 Å². The molecule has 2 heterocycles. The van der Waals surface area contributed by atoms with E-state index in [1.165, 1.54) is 22.2 Å². The lowest BCUT2D eigenvalue weighted by Gasteiger charge is -2.29. The molecule has 31 heavy (non-hydrogen) atoms. The number of nitrogens with zero attached hydrogens (tertiary/aromatic N) is 3. The van der Waals surface area contributed by atoms with Crippen molar-refractivity contribution in [3.63, 3.8) is 0 Å². The number of anilines is 1. The smallest absolute Gasteiger partial charge is 0.340 e. The highest BCUT2D eigenvalue weighted by Crippen LogP contribution is 2.25. The van der Waals surface area contributed by atoms with Gasteiger partial charge in [-0.2, -0.15) is 5.43 Å². The highest BCUT2D eigenvalue weighted by molar-refractivity contribution is 9.10. The maximum absolute atomic E-state index is 12.9. The Morgan fingerprint density at radius 2 is 1.94 bits per heavy atom. The Bertz CT molecular complexity index is 1040. The van der Waals surface area contributed by atoms with Crippen molar-refractivity contribution < 1.29 is 19.1 Å². The summed E-state index contributed by atoms with van der Waals surface area (Å²) in [5.74, 6) is 0.0165. The maximum Gasteiger partial charge on any atom is 0.340 e. The van der Waals surface area contributed by atoms with Gasteiger partial charge in [-0.3, -0.25) is 19.4 Å². The minimum absolute atomic E-state index is 0.227. The van der Waals surface area contributed by atoms with Crippen LogP contribution in [-0.4, -0.2) is 47.6 Å². The van der Waals surface area contributed by atoms with Crippen LogP contribution in [0.1, 0.15) is 5.56 Å². The lowest BCUT2D eigenvalue weighted by molar-refractivity contribution is -0.125. The molecule has 1 fully saturated rings. The van der Waals surface area contributed by atoms with Crippen molar-refractivity contribution in [1.29, 1.82) is 0 Å². The van der Waals surface area contributed by atoms with Gasteiger partial charge < -0.3 is 10.1 Å². The summed E-state index contributed by atoms with van der Waals surface area (Å²) in [6.07, 6.45) is 2.15. The summed E-state index contributed by atoms with van der Waals surface area (Å²) in [6.45, 7) is 0.0661. The number of nitrogens with one attached hydrogen (secondary N) is 2. The largest absolute Gasteiger partial charge is 0.497 e. The van der Waals surface area contributed by atoms with Gasteiger partial charge in [0.05, 0.1) is 7.11 Å². The van der Waals surface area contributed by atoms with Crippen LogP contribution in [0.4, 0.5) is 10.5 Å². The number of rotatable bonds is 6. The summed E-state index contributed by atoms with van der Waals surface area (Å²) < 4.78 is 6.06. The molecule has 0 aliphatic carbocycles. The van der Waals surface area contributed by atoms with Gasteiger partial charge in [0.15, 0.2) is 6.17 Å². The van der Waals surface area contributed by atoms with E-state index in [-0.39, 0.29) is 18.4 Å². The first-order valence-electron chi connectivity index (χ1n) is 9.49. The zero-order valence-electron chi connectivity index (χ0n) is 16.6. The Kier molecular flexibility index (Phi) is 5.92. The van der Waals surface area contributed by atoms with E-state index in [0.717, 1.165) is 15.0 Å². The van der Waals surface area contributed by atoms with E-state index in [1.54, 1.807) is 19.2 Å². The Labute approximate surface area is 187 Å². The molecule has 0 spiro atoms. The van der Waals surface area contributed by atoms with Crippen LogP contribution in [0.3, 0.4) is 0 Å². The zero-order chi connectivity index (χ0) is 22.0. The Morgan fingerprint density at radius 1 is 1.16 bits per heavy atom. The van der Waals surface area contributed by atoms with Gasteiger partial charge in [0, 0.05) is 29.1 Å². The summed E-state index contributed by atoms with van der Waals surface area (Å²) in [6, 6.07) is 14.1. The van der Waals surface area contributed by atoms with E-state index in [2.05, 4.69) is 26.7 Å². The molecule has 0 aromatic heterocycles. The number of benzene rings is 2. The monoisotopic (exact) mass is 485 g/mol. The van der Waals surface area contributed by atoms with Crippen LogP contribution in [0.2, 0.25) is 0 Å². The number of urea groups is 1. The summed E-state index contributed by atoms with van der Waals surface area (Å²) in [4.78, 5) is 40.6. The number of carbonyl (C=O) groups excluding carboxylic acids is 3. The Balaban J connectivity index is 1.37. The molecule has 160 valence electrons. The number of hydrazine groups is 1. The van der Waals surface area contributed by atoms with Crippen LogP contribution >= 0.6 is 15.9 Å². The molecule has 1 saturated heterocycles. The molecule has 2 aromatic rings. The molecule has 4 rings (SSSR count). The predicted molar refractivity (Wildman–Crippen MR) is 116 cm³/mol. The van der Waals surface area contributed by atoms with Gasteiger partial charge in [0.1, 0.15) is 12.3 Å². The quantitative estimate of drug-likeness (QED) is 0.653. The summed E-state index contributed by atoms with van der Waals surface area (Å²) in [7, 11) is 1.57. The maximum atomic E-state index is 12.9. The molecule has 4 amide bonds. The SMILES string of the molecule is COc1cccc(CNC(=O)CN2NC3C(=O)N(c4ccc(Br)cc4)C=CN3C2=O)c1. The van der Waals surface area contributed by atoms with Crippen molar-refractivity contribution in [2.45, 2.75) is 12.7 Å². The minimum atomic E-state index is -0.910. The first kappa shape index (κ1) is 20.9. The molecule has 2 aliphatic heterocycles. The molecule has 10 heteroatoms. The summed E-state index contributed by atoms with van der Waals surface area (Å²) in [5.41, 5.74) is 4.37. The molecule has 2 aromatic carbocycles. The number of methoxy groups -OCH3 is 1. The number of halogens is 1. The molecule has 1 unspecified atom stereocenters. The molecular formula is C21H20BrN5O4. The van der Waals surface area contributed by atoms with Gasteiger partial charge in [0.25, 0.3) is 5.91 Å². The van der Waals surface area contributed by atoms with Gasteiger partial charge in [-0.25, -0.2) is 9.80 Å². The normalized spacial score (nSPS) is 17.7. The molecule has 2 N–H and O–H groups in total. The fourth-order valence-corrected chi connectivity index (χ4v) is 3.56. The third-order valence-corrected chi connectivity index (χ3v) is 5.41. The van der Waals surface area contributed by atoms with E-state index in [4.69, 9.17) is 4.74 Å². The van der Waals surface area contributed by atoms with Crippen molar-refractivity contribution in [2.75, 3.05) is 18.6 Å². The van der Waals surface area contributed by atoms with Crippen molar-refractivity contribution >= 4 is 39.5 Å². The van der Waals surface area contributed by atoms with E-state index in [0.29, 0.717) is 18.0 Å². The second-order valence-corrected chi connectivity index (χ2v) is 7.83. The van der Waals surface area contributed by atoms with Gasteiger partial charge >= 0.3 is 6.03 Å². The number of ether oxygens (including phenoxy) is 1. The average molecular weight is 486 g/mol. The molecule has 0 radical (unpaired) electrons. The molecule has 0 saturated carbocycles. The predicted octanol–water partition coefficient (Wildman–Crippen LogP) is 2.16. The summed E-state index contributed by atoms with van der Waals surface area (Å²) >= 11 is 3.37. The second-order valence-electron chi connectivity index (χ2n) is 6.92. The van der Waals surface area contributed by atoms with Gasteiger partial charge in [0.2, 0.25) is 5.91 Å². The number of carbonyl (C=O) groups is 3. The molecule has 1 atom stereocenters. The third kappa shape index (κ3) is 4.39. The first-order valence-corrected chi connectivity index (χ1v) is 10.3. The van der Waals surface area contributed by atoms with Gasteiger partial charge in [-0.15, -0.1) is 0 Å². The first-order chi connectivity index (χ1) is 15.0. The minimum Gasteiger partial charge on any atom is -0.497 e. The van der Waals surface area contributed by atoms with Crippen LogP contribution in [-0.2, 0) is 16.1 Å². The number of fused-ring (bicyclic) bond motifs is 1. The lowest BCUT2D eigenvalue weighted by atomic mass is 10.2. The van der Waals surface area contributed by atoms with Crippen molar-refractivity contribution in [2.24, 2.45) is 0 Å². The highest BCUT2D eigenvalue weighted by Gasteiger charge is 2.44. The molecule has 9 nitrogen and oxygen atoms in total. The van der Waals surface area contributed by atoms with Crippen molar-refractivity contribution in [3.8, 4) is 5.75 Å². The van der Waals surface area contributed by atoms with E-state index < -0.39 is 12.2 Å². The number of hydrogen-bond acceptors (Lipinski definition) is 5. The third-order valence-electron chi connectivity index (χ3n) is 4.89. The van der Waals surface area contributed by atoms with Crippen LogP contribution in [0.25, 0.3) is 0 Å². The van der Waals surface area contributed by atoms with Crippen LogP contribution < -0.4 is 20.4 Å². The van der Waals surface area contributed by atoms with E-state index in [1.807, 2.05) is 36.4 Å².